The van der Waals surface area contributed by atoms with Crippen LogP contribution in [0.3, 0.4) is 0 Å². The van der Waals surface area contributed by atoms with E-state index in [1.807, 2.05) is 57.2 Å². The van der Waals surface area contributed by atoms with Crippen LogP contribution in [-0.4, -0.2) is 22.4 Å². The molecule has 1 N–H and O–H groups in total. The summed E-state index contributed by atoms with van der Waals surface area (Å²) >= 11 is 4.64. The first-order valence-electron chi connectivity index (χ1n) is 9.35. The van der Waals surface area contributed by atoms with Gasteiger partial charge in [-0.05, 0) is 63.1 Å². The van der Waals surface area contributed by atoms with Crippen LogP contribution in [0.4, 0.5) is 0 Å². The number of ether oxygens (including phenoxy) is 2. The number of rotatable bonds is 8. The second-order valence-corrected chi connectivity index (χ2v) is 10.2. The van der Waals surface area contributed by atoms with Crippen molar-refractivity contribution in [1.82, 2.24) is 4.72 Å². The molecule has 0 bridgehead atoms. The maximum Gasteiger partial charge on any atom is 0.311 e. The Labute approximate surface area is 181 Å². The molecule has 0 heterocycles. The lowest BCUT2D eigenvalue weighted by Crippen LogP contribution is -2.44. The summed E-state index contributed by atoms with van der Waals surface area (Å²) < 4.78 is 26.0. The summed E-state index contributed by atoms with van der Waals surface area (Å²) in [5.41, 5.74) is 1.68. The highest BCUT2D eigenvalue weighted by molar-refractivity contribution is 7.90. The van der Waals surface area contributed by atoms with Crippen LogP contribution in [0, 0.1) is 5.92 Å². The van der Waals surface area contributed by atoms with E-state index in [-0.39, 0.29) is 12.6 Å². The van der Waals surface area contributed by atoms with Crippen molar-refractivity contribution in [1.29, 1.82) is 0 Å². The predicted molar refractivity (Wildman–Crippen MR) is 117 cm³/mol. The lowest BCUT2D eigenvalue weighted by molar-refractivity contribution is -0.150. The first kappa shape index (κ1) is 23.5. The number of carbonyl (C=O) groups excluding carboxylic acids is 1. The number of hydrogen-bond donors (Lipinski definition) is 1. The van der Waals surface area contributed by atoms with Gasteiger partial charge in [0.05, 0.1) is 19.1 Å². The van der Waals surface area contributed by atoms with E-state index in [0.29, 0.717) is 5.02 Å². The maximum atomic E-state index is 12.7. The summed E-state index contributed by atoms with van der Waals surface area (Å²) in [7, 11) is 1.60. The molecule has 0 aliphatic rings. The largest absolute Gasteiger partial charge is 0.598 e. The minimum absolute atomic E-state index is 0.156. The summed E-state index contributed by atoms with van der Waals surface area (Å²) in [6, 6.07) is 14.0. The summed E-state index contributed by atoms with van der Waals surface area (Å²) in [5.74, 6) is -0.190. The van der Waals surface area contributed by atoms with Gasteiger partial charge in [-0.25, -0.2) is 0 Å². The topological polar surface area (TPSA) is 70.6 Å². The fourth-order valence-corrected chi connectivity index (χ4v) is 3.62. The lowest BCUT2D eigenvalue weighted by Gasteiger charge is -2.30. The van der Waals surface area contributed by atoms with E-state index in [0.717, 1.165) is 16.9 Å². The minimum atomic E-state index is -1.36. The van der Waals surface area contributed by atoms with Gasteiger partial charge in [-0.2, -0.15) is 0 Å². The normalized spacial score (nSPS) is 14.7. The van der Waals surface area contributed by atoms with E-state index in [9.17, 15) is 9.35 Å². The molecule has 0 aromatic heterocycles. The van der Waals surface area contributed by atoms with Crippen molar-refractivity contribution in [3.8, 4) is 5.75 Å². The first-order valence-corrected chi connectivity index (χ1v) is 10.9. The zero-order valence-electron chi connectivity index (χ0n) is 17.4. The molecule has 0 fully saturated rings. The van der Waals surface area contributed by atoms with Gasteiger partial charge in [-0.15, -0.1) is 4.72 Å². The fraction of sp³-hybridized carbons (Fsp3) is 0.409. The van der Waals surface area contributed by atoms with Crippen molar-refractivity contribution in [2.45, 2.75) is 45.1 Å². The Hall–Kier alpha value is -1.73. The smallest absolute Gasteiger partial charge is 0.311 e. The van der Waals surface area contributed by atoms with Gasteiger partial charge in [0.2, 0.25) is 0 Å². The van der Waals surface area contributed by atoms with Gasteiger partial charge in [0.1, 0.15) is 17.1 Å². The first-order chi connectivity index (χ1) is 13.6. The Bertz CT molecular complexity index is 790. The van der Waals surface area contributed by atoms with Crippen molar-refractivity contribution in [2.75, 3.05) is 7.11 Å². The van der Waals surface area contributed by atoms with Gasteiger partial charge < -0.3 is 14.0 Å². The average Bonchev–Trinajstić information content (AvgIpc) is 2.70. The molecule has 2 rings (SSSR count). The number of methoxy groups -OCH3 is 1. The summed E-state index contributed by atoms with van der Waals surface area (Å²) in [5, 5.41) is 0.596. The van der Waals surface area contributed by atoms with Crippen molar-refractivity contribution >= 4 is 28.9 Å². The highest BCUT2D eigenvalue weighted by atomic mass is 35.5. The molecule has 158 valence electrons. The third-order valence-corrected chi connectivity index (χ3v) is 6.26. The van der Waals surface area contributed by atoms with Gasteiger partial charge in [-0.1, -0.05) is 35.9 Å². The molecule has 0 aliphatic carbocycles. The van der Waals surface area contributed by atoms with Gasteiger partial charge in [0.25, 0.3) is 0 Å². The molecule has 0 saturated carbocycles. The third kappa shape index (κ3) is 6.93. The molecule has 0 radical (unpaired) electrons. The molecule has 0 spiro atoms. The van der Waals surface area contributed by atoms with Crippen molar-refractivity contribution in [3.05, 3.63) is 64.7 Å². The van der Waals surface area contributed by atoms with Crippen LogP contribution in [0.5, 0.6) is 5.75 Å². The van der Waals surface area contributed by atoms with E-state index < -0.39 is 28.1 Å². The SMILES string of the molecule is COc1ccc(COC(=O)[C@@H](C)[C@H](N[S+]([O-])C(C)(C)C)c2ccc(Cl)cc2)cc1. The van der Waals surface area contributed by atoms with Crippen LogP contribution in [0.25, 0.3) is 0 Å². The maximum absolute atomic E-state index is 12.7. The summed E-state index contributed by atoms with van der Waals surface area (Å²) in [6.07, 6.45) is 0. The Morgan fingerprint density at radius 1 is 1.14 bits per heavy atom. The van der Waals surface area contributed by atoms with Crippen molar-refractivity contribution < 1.29 is 18.8 Å². The number of nitrogens with one attached hydrogen (secondary N) is 1. The zero-order valence-corrected chi connectivity index (χ0v) is 19.0. The minimum Gasteiger partial charge on any atom is -0.598 e. The van der Waals surface area contributed by atoms with E-state index >= 15 is 0 Å². The van der Waals surface area contributed by atoms with E-state index in [4.69, 9.17) is 21.1 Å². The van der Waals surface area contributed by atoms with Crippen molar-refractivity contribution in [3.63, 3.8) is 0 Å². The number of benzene rings is 2. The number of halogens is 1. The predicted octanol–water partition coefficient (Wildman–Crippen LogP) is 4.82. The van der Waals surface area contributed by atoms with Crippen LogP contribution in [-0.2, 0) is 27.5 Å². The van der Waals surface area contributed by atoms with Gasteiger partial charge in [0.15, 0.2) is 0 Å². The molecule has 0 saturated heterocycles. The van der Waals surface area contributed by atoms with Crippen LogP contribution in [0.1, 0.15) is 44.9 Å². The summed E-state index contributed by atoms with van der Waals surface area (Å²) in [6.45, 7) is 7.55. The van der Waals surface area contributed by atoms with Gasteiger partial charge >= 0.3 is 5.97 Å². The Balaban J connectivity index is 2.12. The monoisotopic (exact) mass is 437 g/mol. The number of esters is 1. The molecule has 2 aromatic rings. The Morgan fingerprint density at radius 3 is 2.24 bits per heavy atom. The molecule has 1 unspecified atom stereocenters. The second-order valence-electron chi connectivity index (χ2n) is 7.77. The standard InChI is InChI=1S/C22H28ClNO4S/c1-15(21(25)28-14-16-6-12-19(27-5)13-7-16)20(24-29(26)22(2,3)4)17-8-10-18(23)11-9-17/h6-13,15,20,24H,14H2,1-5H3/t15-,20-,29?/m0/s1. The van der Waals surface area contributed by atoms with Crippen molar-refractivity contribution in [2.24, 2.45) is 5.92 Å². The molecule has 5 nitrogen and oxygen atoms in total. The molecule has 2 aromatic carbocycles. The molecular formula is C22H28ClNO4S. The van der Waals surface area contributed by atoms with Crippen LogP contribution < -0.4 is 9.46 Å². The van der Waals surface area contributed by atoms with Gasteiger partial charge in [0, 0.05) is 16.4 Å². The Kier molecular flexibility index (Phi) is 8.40. The fourth-order valence-electron chi connectivity index (χ4n) is 2.56. The van der Waals surface area contributed by atoms with E-state index in [2.05, 4.69) is 4.72 Å². The Morgan fingerprint density at radius 2 is 1.72 bits per heavy atom. The van der Waals surface area contributed by atoms with Crippen LogP contribution >= 0.6 is 11.6 Å². The average molecular weight is 438 g/mol. The van der Waals surface area contributed by atoms with Crippen LogP contribution in [0.15, 0.2) is 48.5 Å². The molecule has 0 aliphatic heterocycles. The van der Waals surface area contributed by atoms with Gasteiger partial charge in [-0.3, -0.25) is 4.79 Å². The molecular weight excluding hydrogens is 410 g/mol. The molecule has 0 amide bonds. The van der Waals surface area contributed by atoms with Crippen LogP contribution in [0.2, 0.25) is 5.02 Å². The number of hydrogen-bond acceptors (Lipinski definition) is 5. The second kappa shape index (κ2) is 10.3. The molecule has 29 heavy (non-hydrogen) atoms. The van der Waals surface area contributed by atoms with E-state index in [1.54, 1.807) is 26.2 Å². The summed E-state index contributed by atoms with van der Waals surface area (Å²) in [4.78, 5) is 12.7. The molecule has 3 atom stereocenters. The highest BCUT2D eigenvalue weighted by Gasteiger charge is 2.35. The zero-order chi connectivity index (χ0) is 21.6. The lowest BCUT2D eigenvalue weighted by atomic mass is 9.95. The molecule has 7 heteroatoms. The highest BCUT2D eigenvalue weighted by Crippen LogP contribution is 2.28. The third-order valence-electron chi connectivity index (χ3n) is 4.43. The number of carbonyl (C=O) groups is 1. The van der Waals surface area contributed by atoms with E-state index in [1.165, 1.54) is 0 Å². The quantitative estimate of drug-likeness (QED) is 0.473.